The third kappa shape index (κ3) is 4.32. The van der Waals surface area contributed by atoms with E-state index in [4.69, 9.17) is 4.74 Å². The molecule has 4 aromatic rings. The first-order valence-corrected chi connectivity index (χ1v) is 11.2. The second-order valence-corrected chi connectivity index (χ2v) is 8.59. The number of rotatable bonds is 6. The lowest BCUT2D eigenvalue weighted by Gasteiger charge is -2.19. The number of benzene rings is 3. The SMILES string of the molecule is CCCC(Oc1ncc(-c2cc(Br)c(O)c(Br)c2)nn1)c1cccc2ccccc12. The summed E-state index contributed by atoms with van der Waals surface area (Å²) >= 11 is 6.66. The van der Waals surface area contributed by atoms with Gasteiger partial charge in [0.05, 0.1) is 15.1 Å². The van der Waals surface area contributed by atoms with Crippen LogP contribution in [0.15, 0.2) is 69.7 Å². The highest BCUT2D eigenvalue weighted by Gasteiger charge is 2.17. The minimum absolute atomic E-state index is 0.136. The quantitative estimate of drug-likeness (QED) is 0.296. The van der Waals surface area contributed by atoms with Gasteiger partial charge in [-0.15, -0.1) is 5.10 Å². The van der Waals surface area contributed by atoms with Crippen LogP contribution >= 0.6 is 31.9 Å². The molecule has 0 aliphatic rings. The number of phenols is 1. The molecule has 5 nitrogen and oxygen atoms in total. The highest BCUT2D eigenvalue weighted by atomic mass is 79.9. The Labute approximate surface area is 191 Å². The molecule has 0 amide bonds. The zero-order valence-corrected chi connectivity index (χ0v) is 19.4. The highest BCUT2D eigenvalue weighted by molar-refractivity contribution is 9.11. The van der Waals surface area contributed by atoms with Gasteiger partial charge in [-0.3, -0.25) is 0 Å². The van der Waals surface area contributed by atoms with E-state index in [0.717, 1.165) is 24.0 Å². The third-order valence-corrected chi connectivity index (χ3v) is 6.03. The predicted molar refractivity (Wildman–Crippen MR) is 125 cm³/mol. The average molecular weight is 529 g/mol. The Morgan fingerprint density at radius 1 is 1.00 bits per heavy atom. The second kappa shape index (κ2) is 9.10. The summed E-state index contributed by atoms with van der Waals surface area (Å²) < 4.78 is 7.29. The fourth-order valence-corrected chi connectivity index (χ4v) is 4.55. The number of fused-ring (bicyclic) bond motifs is 1. The first-order chi connectivity index (χ1) is 14.6. The molecule has 0 saturated heterocycles. The van der Waals surface area contributed by atoms with E-state index < -0.39 is 0 Å². The molecule has 1 unspecified atom stereocenters. The van der Waals surface area contributed by atoms with Crippen LogP contribution in [0.4, 0.5) is 0 Å². The van der Waals surface area contributed by atoms with Gasteiger partial charge in [-0.2, -0.15) is 0 Å². The fraction of sp³-hybridized carbons (Fsp3) is 0.174. The van der Waals surface area contributed by atoms with Crippen molar-refractivity contribution in [1.82, 2.24) is 15.2 Å². The highest BCUT2D eigenvalue weighted by Crippen LogP contribution is 2.36. The summed E-state index contributed by atoms with van der Waals surface area (Å²) in [4.78, 5) is 4.38. The molecule has 1 N–H and O–H groups in total. The fourth-order valence-electron chi connectivity index (χ4n) is 3.36. The number of hydrogen-bond acceptors (Lipinski definition) is 5. The van der Waals surface area contributed by atoms with Crippen molar-refractivity contribution in [1.29, 1.82) is 0 Å². The summed E-state index contributed by atoms with van der Waals surface area (Å²) in [5.41, 5.74) is 2.48. The van der Waals surface area contributed by atoms with Crippen LogP contribution in [0.1, 0.15) is 31.4 Å². The van der Waals surface area contributed by atoms with Gasteiger partial charge in [-0.25, -0.2) is 4.98 Å². The van der Waals surface area contributed by atoms with Crippen LogP contribution in [0.3, 0.4) is 0 Å². The van der Waals surface area contributed by atoms with Crippen LogP contribution in [-0.2, 0) is 0 Å². The molecule has 1 aromatic heterocycles. The number of phenolic OH excluding ortho intramolecular Hbond substituents is 1. The monoisotopic (exact) mass is 527 g/mol. The zero-order chi connectivity index (χ0) is 21.1. The zero-order valence-electron chi connectivity index (χ0n) is 16.2. The maximum absolute atomic E-state index is 9.89. The molecule has 4 rings (SSSR count). The van der Waals surface area contributed by atoms with Crippen LogP contribution in [0.25, 0.3) is 22.0 Å². The molecule has 3 aromatic carbocycles. The van der Waals surface area contributed by atoms with Gasteiger partial charge in [0.1, 0.15) is 17.5 Å². The van der Waals surface area contributed by atoms with Crippen LogP contribution in [0.2, 0.25) is 0 Å². The number of ether oxygens (including phenoxy) is 1. The molecule has 0 saturated carbocycles. The van der Waals surface area contributed by atoms with Crippen molar-refractivity contribution < 1.29 is 9.84 Å². The molecule has 0 radical (unpaired) electrons. The van der Waals surface area contributed by atoms with E-state index in [-0.39, 0.29) is 17.9 Å². The summed E-state index contributed by atoms with van der Waals surface area (Å²) in [6, 6.07) is 18.3. The summed E-state index contributed by atoms with van der Waals surface area (Å²) in [5.74, 6) is 0.136. The lowest BCUT2D eigenvalue weighted by molar-refractivity contribution is 0.176. The van der Waals surface area contributed by atoms with Gasteiger partial charge in [0, 0.05) is 11.1 Å². The molecule has 0 fully saturated rings. The lowest BCUT2D eigenvalue weighted by Crippen LogP contribution is -2.10. The topological polar surface area (TPSA) is 68.1 Å². The Hall–Kier alpha value is -2.51. The minimum atomic E-state index is -0.161. The first kappa shape index (κ1) is 20.8. The molecule has 152 valence electrons. The van der Waals surface area contributed by atoms with Crippen LogP contribution in [0.5, 0.6) is 11.8 Å². The Kier molecular flexibility index (Phi) is 6.29. The molecular weight excluding hydrogens is 510 g/mol. The first-order valence-electron chi connectivity index (χ1n) is 9.59. The maximum Gasteiger partial charge on any atom is 0.336 e. The molecule has 0 bridgehead atoms. The van der Waals surface area contributed by atoms with Crippen molar-refractivity contribution >= 4 is 42.6 Å². The molecule has 0 aliphatic carbocycles. The Bertz CT molecular complexity index is 1150. The lowest BCUT2D eigenvalue weighted by atomic mass is 9.98. The summed E-state index contributed by atoms with van der Waals surface area (Å²) in [6.07, 6.45) is 3.27. The van der Waals surface area contributed by atoms with Crippen molar-refractivity contribution in [2.45, 2.75) is 25.9 Å². The molecular formula is C23H19Br2N3O2. The summed E-state index contributed by atoms with van der Waals surface area (Å²) in [7, 11) is 0. The van der Waals surface area contributed by atoms with Crippen molar-refractivity contribution in [3.05, 3.63) is 75.3 Å². The van der Waals surface area contributed by atoms with Crippen molar-refractivity contribution in [2.24, 2.45) is 0 Å². The summed E-state index contributed by atoms with van der Waals surface area (Å²) in [6.45, 7) is 2.13. The largest absolute Gasteiger partial charge is 0.506 e. The van der Waals surface area contributed by atoms with Gasteiger partial charge in [-0.1, -0.05) is 60.9 Å². The molecule has 1 atom stereocenters. The molecule has 0 aliphatic heterocycles. The van der Waals surface area contributed by atoms with Crippen LogP contribution in [0, 0.1) is 0 Å². The Morgan fingerprint density at radius 2 is 1.73 bits per heavy atom. The Morgan fingerprint density at radius 3 is 2.43 bits per heavy atom. The maximum atomic E-state index is 9.89. The van der Waals surface area contributed by atoms with E-state index in [1.807, 2.05) is 18.2 Å². The number of nitrogens with zero attached hydrogens (tertiary/aromatic N) is 3. The van der Waals surface area contributed by atoms with Gasteiger partial charge < -0.3 is 9.84 Å². The third-order valence-electron chi connectivity index (χ3n) is 4.82. The normalized spacial score (nSPS) is 12.1. The van der Waals surface area contributed by atoms with Crippen LogP contribution in [-0.4, -0.2) is 20.3 Å². The van der Waals surface area contributed by atoms with E-state index in [0.29, 0.717) is 14.6 Å². The van der Waals surface area contributed by atoms with E-state index in [1.165, 1.54) is 10.8 Å². The predicted octanol–water partition coefficient (Wildman–Crippen LogP) is 6.84. The van der Waals surface area contributed by atoms with Gasteiger partial charge in [0.25, 0.3) is 0 Å². The van der Waals surface area contributed by atoms with Crippen LogP contribution < -0.4 is 4.74 Å². The molecule has 1 heterocycles. The second-order valence-electron chi connectivity index (χ2n) is 6.88. The molecule has 7 heteroatoms. The molecule has 0 spiro atoms. The Balaban J connectivity index is 1.62. The van der Waals surface area contributed by atoms with E-state index in [1.54, 1.807) is 18.3 Å². The number of hydrogen-bond donors (Lipinski definition) is 1. The van der Waals surface area contributed by atoms with E-state index in [2.05, 4.69) is 78.2 Å². The van der Waals surface area contributed by atoms with Gasteiger partial charge >= 0.3 is 6.01 Å². The molecule has 30 heavy (non-hydrogen) atoms. The van der Waals surface area contributed by atoms with Crippen molar-refractivity contribution in [3.63, 3.8) is 0 Å². The van der Waals surface area contributed by atoms with E-state index in [9.17, 15) is 5.11 Å². The van der Waals surface area contributed by atoms with Gasteiger partial charge in [0.15, 0.2) is 0 Å². The van der Waals surface area contributed by atoms with Gasteiger partial charge in [-0.05, 0) is 61.2 Å². The number of aromatic nitrogens is 3. The van der Waals surface area contributed by atoms with Gasteiger partial charge in [0.2, 0.25) is 0 Å². The number of aromatic hydroxyl groups is 1. The van der Waals surface area contributed by atoms with E-state index >= 15 is 0 Å². The average Bonchev–Trinajstić information content (AvgIpc) is 2.77. The van der Waals surface area contributed by atoms with Crippen molar-refractivity contribution in [3.8, 4) is 23.0 Å². The summed E-state index contributed by atoms with van der Waals surface area (Å²) in [5, 5.41) is 20.7. The van der Waals surface area contributed by atoms with Crippen molar-refractivity contribution in [2.75, 3.05) is 0 Å². The standard InChI is InChI=1S/C23H19Br2N3O2/c1-2-6-21(17-10-5-8-14-7-3-4-9-16(14)17)30-23-26-13-20(27-28-23)15-11-18(24)22(29)19(25)12-15/h3-5,7-13,21,29H,2,6H2,1H3. The minimum Gasteiger partial charge on any atom is -0.506 e. The smallest absolute Gasteiger partial charge is 0.336 e. The number of halogens is 2.